The Morgan fingerprint density at radius 2 is 2.11 bits per heavy atom. The van der Waals surface area contributed by atoms with Crippen LogP contribution in [0, 0.1) is 0 Å². The summed E-state index contributed by atoms with van der Waals surface area (Å²) in [4.78, 5) is 11.3. The first-order chi connectivity index (χ1) is 8.63. The maximum Gasteiger partial charge on any atom is 0.174 e. The number of benzene rings is 1. The van der Waals surface area contributed by atoms with Gasteiger partial charge in [-0.25, -0.2) is 0 Å². The second kappa shape index (κ2) is 5.12. The van der Waals surface area contributed by atoms with Gasteiger partial charge in [0.05, 0.1) is 12.0 Å². The first-order valence-electron chi connectivity index (χ1n) is 6.16. The van der Waals surface area contributed by atoms with Crippen LogP contribution in [0.25, 0.3) is 5.57 Å². The number of carbonyl (C=O) groups excluding carboxylic acids is 1. The predicted molar refractivity (Wildman–Crippen MR) is 70.7 cm³/mol. The van der Waals surface area contributed by atoms with E-state index in [4.69, 9.17) is 0 Å². The molecule has 0 fully saturated rings. The molecule has 0 spiro atoms. The number of hydrogen-bond acceptors (Lipinski definition) is 4. The van der Waals surface area contributed by atoms with Crippen molar-refractivity contribution in [3.05, 3.63) is 29.5 Å². The molecule has 0 saturated heterocycles. The molecule has 0 atom stereocenters. The summed E-state index contributed by atoms with van der Waals surface area (Å²) < 4.78 is 0. The molecule has 0 unspecified atom stereocenters. The van der Waals surface area contributed by atoms with Crippen LogP contribution in [-0.4, -0.2) is 22.5 Å². The molecule has 4 nitrogen and oxygen atoms in total. The number of phenols is 1. The van der Waals surface area contributed by atoms with Gasteiger partial charge in [-0.2, -0.15) is 0 Å². The Balaban J connectivity index is 2.16. The van der Waals surface area contributed by atoms with Crippen molar-refractivity contribution < 1.29 is 15.0 Å². The van der Waals surface area contributed by atoms with Gasteiger partial charge in [-0.15, -0.1) is 0 Å². The molecule has 3 N–H and O–H groups in total. The minimum absolute atomic E-state index is 0.0195. The Morgan fingerprint density at radius 1 is 1.33 bits per heavy atom. The van der Waals surface area contributed by atoms with Gasteiger partial charge in [0.2, 0.25) is 0 Å². The molecule has 0 bridgehead atoms. The van der Waals surface area contributed by atoms with Crippen LogP contribution in [-0.2, 0) is 4.79 Å². The van der Waals surface area contributed by atoms with Gasteiger partial charge in [0, 0.05) is 23.9 Å². The molecule has 0 aliphatic heterocycles. The molecular formula is C14H17NO3. The van der Waals surface area contributed by atoms with E-state index in [1.807, 2.05) is 0 Å². The molecule has 4 heteroatoms. The van der Waals surface area contributed by atoms with Crippen LogP contribution >= 0.6 is 0 Å². The van der Waals surface area contributed by atoms with Gasteiger partial charge < -0.3 is 15.5 Å². The van der Waals surface area contributed by atoms with E-state index in [1.54, 1.807) is 18.2 Å². The van der Waals surface area contributed by atoms with E-state index in [0.29, 0.717) is 5.56 Å². The average Bonchev–Trinajstić information content (AvgIpc) is 2.33. The number of ketones is 1. The van der Waals surface area contributed by atoms with Gasteiger partial charge >= 0.3 is 0 Å². The summed E-state index contributed by atoms with van der Waals surface area (Å²) in [6.07, 6.45) is 2.24. The number of phenolic OH excluding ortho intramolecular Hbond substituents is 1. The monoisotopic (exact) mass is 247 g/mol. The molecule has 0 saturated carbocycles. The van der Waals surface area contributed by atoms with Crippen molar-refractivity contribution in [1.82, 2.24) is 0 Å². The first kappa shape index (κ1) is 12.5. The van der Waals surface area contributed by atoms with E-state index in [1.165, 1.54) is 0 Å². The minimum atomic E-state index is -0.130. The molecule has 96 valence electrons. The van der Waals surface area contributed by atoms with Crippen LogP contribution in [0.5, 0.6) is 5.75 Å². The molecule has 0 amide bonds. The zero-order valence-corrected chi connectivity index (χ0v) is 10.4. The maximum atomic E-state index is 11.3. The molecule has 1 aliphatic carbocycles. The summed E-state index contributed by atoms with van der Waals surface area (Å²) in [6, 6.07) is 5.04. The number of carbonyl (C=O) groups is 1. The third-order valence-corrected chi connectivity index (χ3v) is 3.02. The molecule has 1 aliphatic rings. The second-order valence-electron chi connectivity index (χ2n) is 4.43. The van der Waals surface area contributed by atoms with Crippen molar-refractivity contribution in [2.75, 3.05) is 11.9 Å². The largest absolute Gasteiger partial charge is 0.511 e. The smallest absolute Gasteiger partial charge is 0.174 e. The number of anilines is 1. The lowest BCUT2D eigenvalue weighted by Crippen LogP contribution is -2.16. The van der Waals surface area contributed by atoms with Crippen molar-refractivity contribution in [3.8, 4) is 5.75 Å². The zero-order valence-electron chi connectivity index (χ0n) is 10.4. The lowest BCUT2D eigenvalue weighted by Gasteiger charge is -2.19. The van der Waals surface area contributed by atoms with E-state index >= 15 is 0 Å². The highest BCUT2D eigenvalue weighted by Crippen LogP contribution is 2.36. The Hall–Kier alpha value is -1.97. The van der Waals surface area contributed by atoms with Gasteiger partial charge in [0.15, 0.2) is 5.78 Å². The van der Waals surface area contributed by atoms with E-state index in [-0.39, 0.29) is 29.3 Å². The zero-order chi connectivity index (χ0) is 13.1. The van der Waals surface area contributed by atoms with E-state index < -0.39 is 0 Å². The summed E-state index contributed by atoms with van der Waals surface area (Å²) in [5.41, 5.74) is 1.47. The molecule has 0 aromatic heterocycles. The fourth-order valence-corrected chi connectivity index (χ4v) is 1.95. The Kier molecular flexibility index (Phi) is 3.55. The Bertz CT molecular complexity index is 506. The summed E-state index contributed by atoms with van der Waals surface area (Å²) in [6.45, 7) is 2.96. The highest BCUT2D eigenvalue weighted by Gasteiger charge is 2.29. The second-order valence-corrected chi connectivity index (χ2v) is 4.43. The van der Waals surface area contributed by atoms with Crippen LogP contribution in [0.1, 0.15) is 31.7 Å². The maximum absolute atomic E-state index is 11.3. The number of aromatic hydroxyl groups is 1. The number of aliphatic hydroxyl groups excluding tert-OH is 1. The Morgan fingerprint density at radius 3 is 2.67 bits per heavy atom. The summed E-state index contributed by atoms with van der Waals surface area (Å²) in [5, 5.41) is 22.5. The lowest BCUT2D eigenvalue weighted by molar-refractivity contribution is -0.115. The van der Waals surface area contributed by atoms with Crippen molar-refractivity contribution in [1.29, 1.82) is 0 Å². The highest BCUT2D eigenvalue weighted by molar-refractivity contribution is 6.28. The lowest BCUT2D eigenvalue weighted by atomic mass is 9.88. The van der Waals surface area contributed by atoms with E-state index in [9.17, 15) is 15.0 Å². The van der Waals surface area contributed by atoms with Crippen LogP contribution in [0.4, 0.5) is 5.69 Å². The summed E-state index contributed by atoms with van der Waals surface area (Å²) >= 11 is 0. The third kappa shape index (κ3) is 2.32. The molecule has 18 heavy (non-hydrogen) atoms. The van der Waals surface area contributed by atoms with Gasteiger partial charge in [-0.1, -0.05) is 13.3 Å². The average molecular weight is 247 g/mol. The molecule has 1 aromatic carbocycles. The quantitative estimate of drug-likeness (QED) is 0.700. The molecule has 2 rings (SSSR count). The number of aliphatic hydroxyl groups is 1. The molecule has 0 heterocycles. The fraction of sp³-hybridized carbons (Fsp3) is 0.357. The number of unbranched alkanes of at least 4 members (excludes halogenated alkanes) is 1. The third-order valence-electron chi connectivity index (χ3n) is 3.02. The van der Waals surface area contributed by atoms with Crippen LogP contribution in [0.3, 0.4) is 0 Å². The van der Waals surface area contributed by atoms with Crippen LogP contribution < -0.4 is 5.32 Å². The van der Waals surface area contributed by atoms with Crippen molar-refractivity contribution in [2.45, 2.75) is 26.2 Å². The van der Waals surface area contributed by atoms with Gasteiger partial charge in [-0.05, 0) is 18.6 Å². The van der Waals surface area contributed by atoms with Crippen molar-refractivity contribution in [2.24, 2.45) is 0 Å². The predicted octanol–water partition coefficient (Wildman–Crippen LogP) is 2.85. The number of Topliss-reactive ketones (excluding diaryl/α,β-unsaturated/α-hetero) is 1. The van der Waals surface area contributed by atoms with Crippen LogP contribution in [0.2, 0.25) is 0 Å². The fourth-order valence-electron chi connectivity index (χ4n) is 1.95. The van der Waals surface area contributed by atoms with Crippen molar-refractivity contribution in [3.63, 3.8) is 0 Å². The minimum Gasteiger partial charge on any atom is -0.511 e. The SMILES string of the molecule is CCCCNc1ccc(C2=C(O)CC2=O)c(O)c1. The van der Waals surface area contributed by atoms with Gasteiger partial charge in [0.1, 0.15) is 11.5 Å². The van der Waals surface area contributed by atoms with Gasteiger partial charge in [-0.3, -0.25) is 4.79 Å². The normalized spacial score (nSPS) is 14.6. The standard InChI is InChI=1S/C14H17NO3/c1-2-3-6-15-9-4-5-10(11(16)7-9)14-12(17)8-13(14)18/h4-5,7,15-17H,2-3,6,8H2,1H3. The summed E-state index contributed by atoms with van der Waals surface area (Å²) in [7, 11) is 0. The topological polar surface area (TPSA) is 69.6 Å². The summed E-state index contributed by atoms with van der Waals surface area (Å²) in [5.74, 6) is -0.0532. The number of nitrogens with one attached hydrogen (secondary N) is 1. The van der Waals surface area contributed by atoms with Crippen molar-refractivity contribution >= 4 is 17.0 Å². The molecule has 0 radical (unpaired) electrons. The highest BCUT2D eigenvalue weighted by atomic mass is 16.3. The number of hydrogen-bond donors (Lipinski definition) is 3. The van der Waals surface area contributed by atoms with E-state index in [2.05, 4.69) is 12.2 Å². The molecular weight excluding hydrogens is 230 g/mol. The number of rotatable bonds is 5. The van der Waals surface area contributed by atoms with E-state index in [0.717, 1.165) is 25.1 Å². The van der Waals surface area contributed by atoms with Gasteiger partial charge in [0.25, 0.3) is 0 Å². The first-order valence-corrected chi connectivity index (χ1v) is 6.16. The number of allylic oxidation sites excluding steroid dienone is 2. The Labute approximate surface area is 106 Å². The molecule has 1 aromatic rings. The van der Waals surface area contributed by atoms with Crippen LogP contribution in [0.15, 0.2) is 24.0 Å².